The summed E-state index contributed by atoms with van der Waals surface area (Å²) in [5, 5.41) is 14.4. The van der Waals surface area contributed by atoms with Gasteiger partial charge in [-0.2, -0.15) is 0 Å². The number of hydrogen-bond acceptors (Lipinski definition) is 2. The molecule has 0 aromatic heterocycles. The van der Waals surface area contributed by atoms with Crippen molar-refractivity contribution in [3.8, 4) is 0 Å². The highest BCUT2D eigenvalue weighted by atomic mass is 16.3. The first-order valence-electron chi connectivity index (χ1n) is 6.27. The van der Waals surface area contributed by atoms with Crippen LogP contribution in [0.5, 0.6) is 0 Å². The Morgan fingerprint density at radius 2 is 2.19 bits per heavy atom. The maximum Gasteiger partial charge on any atom is 0.315 e. The molecule has 0 heterocycles. The Labute approximate surface area is 97.8 Å². The second-order valence-electron chi connectivity index (χ2n) is 5.01. The predicted molar refractivity (Wildman–Crippen MR) is 64.3 cm³/mol. The number of amides is 2. The molecule has 4 nitrogen and oxygen atoms in total. The van der Waals surface area contributed by atoms with Crippen LogP contribution in [0.1, 0.15) is 46.0 Å². The molecule has 0 aliphatic heterocycles. The molecule has 1 rings (SSSR count). The molecule has 0 unspecified atom stereocenters. The topological polar surface area (TPSA) is 61.4 Å². The van der Waals surface area contributed by atoms with Crippen LogP contribution in [0.15, 0.2) is 0 Å². The summed E-state index contributed by atoms with van der Waals surface area (Å²) in [5.74, 6) is 0. The molecule has 94 valence electrons. The maximum atomic E-state index is 11.5. The molecule has 0 saturated heterocycles. The van der Waals surface area contributed by atoms with Gasteiger partial charge in [-0.05, 0) is 31.6 Å². The molecule has 1 atom stereocenters. The number of aliphatic hydroxyl groups excluding tert-OH is 1. The Morgan fingerprint density at radius 1 is 1.50 bits per heavy atom. The molecule has 1 fully saturated rings. The average Bonchev–Trinajstić information content (AvgIpc) is 2.21. The van der Waals surface area contributed by atoms with E-state index in [1.54, 1.807) is 6.92 Å². The summed E-state index contributed by atoms with van der Waals surface area (Å²) >= 11 is 0. The van der Waals surface area contributed by atoms with Crippen molar-refractivity contribution in [1.29, 1.82) is 0 Å². The summed E-state index contributed by atoms with van der Waals surface area (Å²) in [7, 11) is 0. The largest absolute Gasteiger partial charge is 0.394 e. The summed E-state index contributed by atoms with van der Waals surface area (Å²) in [6, 6.07) is -0.340. The summed E-state index contributed by atoms with van der Waals surface area (Å²) < 4.78 is 0. The molecule has 0 aromatic rings. The monoisotopic (exact) mass is 228 g/mol. The molecule has 0 radical (unpaired) electrons. The minimum absolute atomic E-state index is 0.0203. The molecular formula is C12H24N2O2. The van der Waals surface area contributed by atoms with Gasteiger partial charge in [0.25, 0.3) is 0 Å². The number of urea groups is 1. The normalized spacial score (nSPS) is 19.7. The summed E-state index contributed by atoms with van der Waals surface area (Å²) in [5.41, 5.74) is 0.356. The van der Waals surface area contributed by atoms with Crippen molar-refractivity contribution in [2.75, 3.05) is 13.2 Å². The molecule has 1 aliphatic rings. The number of nitrogens with one attached hydrogen (secondary N) is 2. The maximum absolute atomic E-state index is 11.5. The van der Waals surface area contributed by atoms with E-state index >= 15 is 0 Å². The van der Waals surface area contributed by atoms with Gasteiger partial charge in [0.15, 0.2) is 0 Å². The smallest absolute Gasteiger partial charge is 0.315 e. The Hall–Kier alpha value is -0.770. The minimum Gasteiger partial charge on any atom is -0.394 e. The molecule has 0 bridgehead atoms. The highest BCUT2D eigenvalue weighted by molar-refractivity contribution is 5.74. The van der Waals surface area contributed by atoms with Crippen LogP contribution in [-0.4, -0.2) is 30.3 Å². The zero-order chi connectivity index (χ0) is 12.0. The van der Waals surface area contributed by atoms with Crippen LogP contribution in [0.3, 0.4) is 0 Å². The van der Waals surface area contributed by atoms with Crippen LogP contribution in [0.4, 0.5) is 4.79 Å². The van der Waals surface area contributed by atoms with E-state index in [4.69, 9.17) is 5.11 Å². The molecule has 0 aromatic carbocycles. The first-order valence-corrected chi connectivity index (χ1v) is 6.27. The van der Waals surface area contributed by atoms with Gasteiger partial charge in [-0.15, -0.1) is 0 Å². The van der Waals surface area contributed by atoms with Crippen LogP contribution in [0.25, 0.3) is 0 Å². The summed E-state index contributed by atoms with van der Waals surface area (Å²) in [4.78, 5) is 11.5. The molecule has 16 heavy (non-hydrogen) atoms. The number of hydrogen-bond donors (Lipinski definition) is 3. The van der Waals surface area contributed by atoms with Crippen molar-refractivity contribution in [3.63, 3.8) is 0 Å². The van der Waals surface area contributed by atoms with Crippen molar-refractivity contribution >= 4 is 6.03 Å². The number of carbonyl (C=O) groups is 1. The molecular weight excluding hydrogens is 204 g/mol. The SMILES string of the molecule is CCCC1(CNC(=O)N[C@@H](C)CO)CCC1. The van der Waals surface area contributed by atoms with Gasteiger partial charge in [-0.25, -0.2) is 4.79 Å². The third-order valence-electron chi connectivity index (χ3n) is 3.47. The lowest BCUT2D eigenvalue weighted by atomic mass is 9.66. The fraction of sp³-hybridized carbons (Fsp3) is 0.917. The Morgan fingerprint density at radius 3 is 2.62 bits per heavy atom. The number of rotatable bonds is 6. The third-order valence-corrected chi connectivity index (χ3v) is 3.47. The van der Waals surface area contributed by atoms with Crippen molar-refractivity contribution in [3.05, 3.63) is 0 Å². The third kappa shape index (κ3) is 3.67. The second-order valence-corrected chi connectivity index (χ2v) is 5.01. The fourth-order valence-corrected chi connectivity index (χ4v) is 2.31. The van der Waals surface area contributed by atoms with Crippen LogP contribution in [0, 0.1) is 5.41 Å². The van der Waals surface area contributed by atoms with Gasteiger partial charge >= 0.3 is 6.03 Å². The van der Waals surface area contributed by atoms with E-state index in [2.05, 4.69) is 17.6 Å². The lowest BCUT2D eigenvalue weighted by Gasteiger charge is -2.42. The van der Waals surface area contributed by atoms with E-state index in [1.165, 1.54) is 32.1 Å². The zero-order valence-corrected chi connectivity index (χ0v) is 10.4. The van der Waals surface area contributed by atoms with E-state index in [9.17, 15) is 4.79 Å². The average molecular weight is 228 g/mol. The number of aliphatic hydroxyl groups is 1. The van der Waals surface area contributed by atoms with Crippen LogP contribution >= 0.6 is 0 Å². The fourth-order valence-electron chi connectivity index (χ4n) is 2.31. The molecule has 4 heteroatoms. The van der Waals surface area contributed by atoms with Crippen molar-refractivity contribution in [1.82, 2.24) is 10.6 Å². The second kappa shape index (κ2) is 6.09. The predicted octanol–water partition coefficient (Wildman–Crippen LogP) is 1.64. The molecule has 3 N–H and O–H groups in total. The van der Waals surface area contributed by atoms with Crippen molar-refractivity contribution < 1.29 is 9.90 Å². The van der Waals surface area contributed by atoms with Gasteiger partial charge in [0.1, 0.15) is 0 Å². The molecule has 1 aliphatic carbocycles. The van der Waals surface area contributed by atoms with Gasteiger partial charge in [0, 0.05) is 6.54 Å². The van der Waals surface area contributed by atoms with E-state index in [0.717, 1.165) is 6.54 Å². The van der Waals surface area contributed by atoms with Gasteiger partial charge < -0.3 is 15.7 Å². The first-order chi connectivity index (χ1) is 7.62. The van der Waals surface area contributed by atoms with Crippen molar-refractivity contribution in [2.24, 2.45) is 5.41 Å². The van der Waals surface area contributed by atoms with E-state index in [0.29, 0.717) is 5.41 Å². The Balaban J connectivity index is 2.24. The standard InChI is InChI=1S/C12H24N2O2/c1-3-5-12(6-4-7-12)9-13-11(16)14-10(2)8-15/h10,15H,3-9H2,1-2H3,(H2,13,14,16)/t10-/m0/s1. The van der Waals surface area contributed by atoms with Gasteiger partial charge in [0.05, 0.1) is 12.6 Å². The lowest BCUT2D eigenvalue weighted by molar-refractivity contribution is 0.117. The first kappa shape index (κ1) is 13.3. The number of carbonyl (C=O) groups excluding carboxylic acids is 1. The van der Waals surface area contributed by atoms with Gasteiger partial charge in [0.2, 0.25) is 0 Å². The van der Waals surface area contributed by atoms with Gasteiger partial charge in [-0.1, -0.05) is 19.8 Å². The Kier molecular flexibility index (Phi) is 5.06. The Bertz CT molecular complexity index is 227. The highest BCUT2D eigenvalue weighted by Crippen LogP contribution is 2.44. The minimum atomic E-state index is -0.177. The van der Waals surface area contributed by atoms with E-state index in [-0.39, 0.29) is 18.7 Å². The molecule has 0 spiro atoms. The highest BCUT2D eigenvalue weighted by Gasteiger charge is 2.35. The molecule has 1 saturated carbocycles. The lowest BCUT2D eigenvalue weighted by Crippen LogP contribution is -2.48. The summed E-state index contributed by atoms with van der Waals surface area (Å²) in [6.07, 6.45) is 6.13. The van der Waals surface area contributed by atoms with Crippen LogP contribution in [0.2, 0.25) is 0 Å². The van der Waals surface area contributed by atoms with E-state index in [1.807, 2.05) is 0 Å². The quantitative estimate of drug-likeness (QED) is 0.647. The van der Waals surface area contributed by atoms with Crippen LogP contribution in [-0.2, 0) is 0 Å². The molecule has 2 amide bonds. The van der Waals surface area contributed by atoms with Crippen LogP contribution < -0.4 is 10.6 Å². The van der Waals surface area contributed by atoms with Gasteiger partial charge in [-0.3, -0.25) is 0 Å². The zero-order valence-electron chi connectivity index (χ0n) is 10.4. The summed E-state index contributed by atoms with van der Waals surface area (Å²) in [6.45, 7) is 4.72. The van der Waals surface area contributed by atoms with E-state index < -0.39 is 0 Å². The van der Waals surface area contributed by atoms with Crippen molar-refractivity contribution in [2.45, 2.75) is 52.0 Å².